The van der Waals surface area contributed by atoms with Crippen LogP contribution in [-0.2, 0) is 6.54 Å². The Morgan fingerprint density at radius 1 is 1.33 bits per heavy atom. The van der Waals surface area contributed by atoms with Crippen LogP contribution in [0.1, 0.15) is 5.76 Å². The monoisotopic (exact) mass is 266 g/mol. The van der Waals surface area contributed by atoms with Gasteiger partial charge in [-0.1, -0.05) is 15.9 Å². The second-order valence-corrected chi connectivity index (χ2v) is 4.08. The molecule has 0 saturated carbocycles. The van der Waals surface area contributed by atoms with Crippen molar-refractivity contribution in [1.82, 2.24) is 0 Å². The fraction of sp³-hybridized carbons (Fsp3) is 0.0909. The first-order valence-electron chi connectivity index (χ1n) is 4.57. The summed E-state index contributed by atoms with van der Waals surface area (Å²) in [5.41, 5.74) is 7.45. The van der Waals surface area contributed by atoms with Crippen LogP contribution < -0.4 is 11.1 Å². The first kappa shape index (κ1) is 10.1. The molecule has 1 aromatic carbocycles. The number of furan rings is 1. The fourth-order valence-corrected chi connectivity index (χ4v) is 1.64. The highest BCUT2D eigenvalue weighted by Gasteiger charge is 2.00. The average molecular weight is 267 g/mol. The molecule has 0 aliphatic carbocycles. The van der Waals surface area contributed by atoms with E-state index in [1.54, 1.807) is 6.26 Å². The Balaban J connectivity index is 2.07. The van der Waals surface area contributed by atoms with E-state index in [9.17, 15) is 0 Å². The van der Waals surface area contributed by atoms with E-state index in [4.69, 9.17) is 10.2 Å². The van der Waals surface area contributed by atoms with Crippen molar-refractivity contribution >= 4 is 27.3 Å². The Hall–Kier alpha value is -1.42. The zero-order valence-corrected chi connectivity index (χ0v) is 9.62. The van der Waals surface area contributed by atoms with E-state index in [1.807, 2.05) is 30.3 Å². The molecular weight excluding hydrogens is 256 g/mol. The van der Waals surface area contributed by atoms with E-state index in [2.05, 4.69) is 21.2 Å². The van der Waals surface area contributed by atoms with Gasteiger partial charge in [0, 0.05) is 4.47 Å². The van der Waals surface area contributed by atoms with Crippen molar-refractivity contribution in [3.8, 4) is 0 Å². The number of hydrogen-bond donors (Lipinski definition) is 2. The maximum Gasteiger partial charge on any atom is 0.122 e. The zero-order valence-electron chi connectivity index (χ0n) is 8.03. The van der Waals surface area contributed by atoms with E-state index < -0.39 is 0 Å². The molecule has 1 aromatic heterocycles. The van der Waals surface area contributed by atoms with Gasteiger partial charge >= 0.3 is 0 Å². The largest absolute Gasteiger partial charge is 0.467 e. The quantitative estimate of drug-likeness (QED) is 0.839. The van der Waals surface area contributed by atoms with E-state index in [0.717, 1.165) is 21.6 Å². The molecule has 0 atom stereocenters. The number of benzene rings is 1. The number of nitrogen functional groups attached to an aromatic ring is 1. The maximum atomic E-state index is 5.81. The Bertz CT molecular complexity index is 440. The Labute approximate surface area is 96.4 Å². The number of nitrogens with two attached hydrogens (primary N) is 1. The van der Waals surface area contributed by atoms with E-state index >= 15 is 0 Å². The molecule has 0 aliphatic rings. The van der Waals surface area contributed by atoms with E-state index in [-0.39, 0.29) is 0 Å². The number of halogens is 1. The molecule has 0 saturated heterocycles. The molecule has 4 heteroatoms. The standard InChI is InChI=1S/C11H11BrN2O/c12-8-3-4-10(13)11(6-8)14-7-9-2-1-5-15-9/h1-6,14H,7,13H2. The van der Waals surface area contributed by atoms with E-state index in [1.165, 1.54) is 0 Å². The minimum absolute atomic E-state index is 0.633. The lowest BCUT2D eigenvalue weighted by molar-refractivity contribution is 0.518. The van der Waals surface area contributed by atoms with Gasteiger partial charge in [-0.25, -0.2) is 0 Å². The normalized spacial score (nSPS) is 10.2. The van der Waals surface area contributed by atoms with Crippen LogP contribution in [0, 0.1) is 0 Å². The molecule has 2 aromatic rings. The van der Waals surface area contributed by atoms with Gasteiger partial charge in [0.1, 0.15) is 5.76 Å². The fourth-order valence-electron chi connectivity index (χ4n) is 1.28. The Morgan fingerprint density at radius 2 is 2.20 bits per heavy atom. The minimum Gasteiger partial charge on any atom is -0.467 e. The Morgan fingerprint density at radius 3 is 2.93 bits per heavy atom. The van der Waals surface area contributed by atoms with Gasteiger partial charge in [-0.15, -0.1) is 0 Å². The summed E-state index contributed by atoms with van der Waals surface area (Å²) in [5.74, 6) is 0.884. The summed E-state index contributed by atoms with van der Waals surface area (Å²) in [4.78, 5) is 0. The highest BCUT2D eigenvalue weighted by molar-refractivity contribution is 9.10. The van der Waals surface area contributed by atoms with Gasteiger partial charge in [-0.3, -0.25) is 0 Å². The SMILES string of the molecule is Nc1ccc(Br)cc1NCc1ccco1. The topological polar surface area (TPSA) is 51.2 Å². The van der Waals surface area contributed by atoms with Gasteiger partial charge in [-0.05, 0) is 30.3 Å². The van der Waals surface area contributed by atoms with Gasteiger partial charge in [0.2, 0.25) is 0 Å². The first-order valence-corrected chi connectivity index (χ1v) is 5.36. The summed E-state index contributed by atoms with van der Waals surface area (Å²) >= 11 is 3.40. The highest BCUT2D eigenvalue weighted by atomic mass is 79.9. The van der Waals surface area contributed by atoms with Gasteiger partial charge in [0.15, 0.2) is 0 Å². The number of nitrogens with one attached hydrogen (secondary N) is 1. The minimum atomic E-state index is 0.633. The van der Waals surface area contributed by atoms with Crippen LogP contribution in [0.5, 0.6) is 0 Å². The smallest absolute Gasteiger partial charge is 0.122 e. The summed E-state index contributed by atoms with van der Waals surface area (Å²) in [6.45, 7) is 0.633. The molecule has 0 aliphatic heterocycles. The molecule has 3 N–H and O–H groups in total. The van der Waals surface area contributed by atoms with Crippen molar-refractivity contribution in [1.29, 1.82) is 0 Å². The average Bonchev–Trinajstić information content (AvgIpc) is 2.72. The third-order valence-electron chi connectivity index (χ3n) is 2.05. The predicted molar refractivity (Wildman–Crippen MR) is 64.6 cm³/mol. The molecule has 3 nitrogen and oxygen atoms in total. The summed E-state index contributed by atoms with van der Waals surface area (Å²) < 4.78 is 6.21. The van der Waals surface area contributed by atoms with Crippen LogP contribution >= 0.6 is 15.9 Å². The maximum absolute atomic E-state index is 5.81. The molecule has 2 rings (SSSR count). The molecule has 0 bridgehead atoms. The predicted octanol–water partition coefficient (Wildman–Crippen LogP) is 3.24. The molecular formula is C11H11BrN2O. The second-order valence-electron chi connectivity index (χ2n) is 3.16. The van der Waals surface area contributed by atoms with Crippen LogP contribution in [-0.4, -0.2) is 0 Å². The highest BCUT2D eigenvalue weighted by Crippen LogP contribution is 2.23. The van der Waals surface area contributed by atoms with E-state index in [0.29, 0.717) is 6.54 Å². The van der Waals surface area contributed by atoms with Gasteiger partial charge in [0.25, 0.3) is 0 Å². The van der Waals surface area contributed by atoms with Crippen molar-refractivity contribution < 1.29 is 4.42 Å². The van der Waals surface area contributed by atoms with Gasteiger partial charge in [-0.2, -0.15) is 0 Å². The molecule has 0 spiro atoms. The summed E-state index contributed by atoms with van der Waals surface area (Å²) in [7, 11) is 0. The lowest BCUT2D eigenvalue weighted by atomic mass is 10.2. The van der Waals surface area contributed by atoms with Crippen LogP contribution in [0.25, 0.3) is 0 Å². The zero-order chi connectivity index (χ0) is 10.7. The molecule has 78 valence electrons. The van der Waals surface area contributed by atoms with Crippen molar-refractivity contribution in [2.24, 2.45) is 0 Å². The summed E-state index contributed by atoms with van der Waals surface area (Å²) in [5, 5.41) is 3.21. The van der Waals surface area contributed by atoms with Crippen LogP contribution in [0.3, 0.4) is 0 Å². The molecule has 15 heavy (non-hydrogen) atoms. The van der Waals surface area contributed by atoms with Gasteiger partial charge < -0.3 is 15.5 Å². The van der Waals surface area contributed by atoms with Crippen molar-refractivity contribution in [3.05, 3.63) is 46.8 Å². The first-order chi connectivity index (χ1) is 7.25. The molecule has 0 unspecified atom stereocenters. The number of anilines is 2. The lowest BCUT2D eigenvalue weighted by Gasteiger charge is -2.08. The molecule has 0 radical (unpaired) electrons. The molecule has 0 amide bonds. The lowest BCUT2D eigenvalue weighted by Crippen LogP contribution is -2.01. The van der Waals surface area contributed by atoms with Crippen LogP contribution in [0.4, 0.5) is 11.4 Å². The van der Waals surface area contributed by atoms with Crippen molar-refractivity contribution in [3.63, 3.8) is 0 Å². The second kappa shape index (κ2) is 4.40. The third kappa shape index (κ3) is 2.53. The van der Waals surface area contributed by atoms with Gasteiger partial charge in [0.05, 0.1) is 24.2 Å². The summed E-state index contributed by atoms with van der Waals surface area (Å²) in [6.07, 6.45) is 1.65. The molecule has 1 heterocycles. The Kier molecular flexibility index (Phi) is 2.97. The van der Waals surface area contributed by atoms with Crippen molar-refractivity contribution in [2.45, 2.75) is 6.54 Å². The van der Waals surface area contributed by atoms with Crippen LogP contribution in [0.15, 0.2) is 45.5 Å². The third-order valence-corrected chi connectivity index (χ3v) is 2.54. The van der Waals surface area contributed by atoms with Crippen LogP contribution in [0.2, 0.25) is 0 Å². The van der Waals surface area contributed by atoms with Crippen molar-refractivity contribution in [2.75, 3.05) is 11.1 Å². The molecule has 0 fully saturated rings. The number of hydrogen-bond acceptors (Lipinski definition) is 3. The number of rotatable bonds is 3. The summed E-state index contributed by atoms with van der Waals surface area (Å²) in [6, 6.07) is 9.49.